The number of imide groups is 1. The van der Waals surface area contributed by atoms with Crippen molar-refractivity contribution in [3.05, 3.63) is 41.6 Å². The summed E-state index contributed by atoms with van der Waals surface area (Å²) < 4.78 is 0. The Kier molecular flexibility index (Phi) is 2.71. The number of likely N-dealkylation sites (N-methyl/N-ethyl adjacent to an activating group) is 1. The van der Waals surface area contributed by atoms with Crippen molar-refractivity contribution in [2.45, 2.75) is 25.7 Å². The molecule has 1 fully saturated rings. The highest BCUT2D eigenvalue weighted by Crippen LogP contribution is 2.47. The molecule has 0 spiro atoms. The predicted octanol–water partition coefficient (Wildman–Crippen LogP) is 1.96. The van der Waals surface area contributed by atoms with Gasteiger partial charge in [-0.05, 0) is 11.6 Å². The van der Waals surface area contributed by atoms with Crippen molar-refractivity contribution in [3.63, 3.8) is 0 Å². The first-order valence-electron chi connectivity index (χ1n) is 6.80. The zero-order valence-corrected chi connectivity index (χ0v) is 11.9. The zero-order chi connectivity index (χ0) is 14.5. The third kappa shape index (κ3) is 1.75. The van der Waals surface area contributed by atoms with Crippen LogP contribution in [0.2, 0.25) is 0 Å². The van der Waals surface area contributed by atoms with Crippen molar-refractivity contribution in [2.75, 3.05) is 11.9 Å². The van der Waals surface area contributed by atoms with Crippen LogP contribution < -0.4 is 10.2 Å². The second-order valence-electron chi connectivity index (χ2n) is 5.98. The van der Waals surface area contributed by atoms with E-state index in [9.17, 15) is 9.59 Å². The summed E-state index contributed by atoms with van der Waals surface area (Å²) in [7, 11) is 2.01. The molecule has 0 aromatic heterocycles. The molecule has 0 saturated carbocycles. The second kappa shape index (κ2) is 4.20. The molecule has 0 bridgehead atoms. The van der Waals surface area contributed by atoms with Gasteiger partial charge in [0.05, 0.1) is 5.92 Å². The Morgan fingerprint density at radius 2 is 2.00 bits per heavy atom. The number of benzene rings is 1. The van der Waals surface area contributed by atoms with E-state index in [1.54, 1.807) is 0 Å². The van der Waals surface area contributed by atoms with Gasteiger partial charge in [0.15, 0.2) is 0 Å². The van der Waals surface area contributed by atoms with Crippen LogP contribution in [0, 0.1) is 5.92 Å². The first kappa shape index (κ1) is 12.9. The van der Waals surface area contributed by atoms with E-state index in [1.807, 2.05) is 25.3 Å². The molecule has 2 aliphatic rings. The van der Waals surface area contributed by atoms with Gasteiger partial charge in [0.1, 0.15) is 0 Å². The fourth-order valence-corrected chi connectivity index (χ4v) is 3.20. The number of nitrogens with zero attached hydrogens (tertiary/aromatic N) is 1. The molecule has 2 aliphatic heterocycles. The lowest BCUT2D eigenvalue weighted by molar-refractivity contribution is -0.125. The summed E-state index contributed by atoms with van der Waals surface area (Å²) >= 11 is 0. The fourth-order valence-electron chi connectivity index (χ4n) is 3.20. The Labute approximate surface area is 118 Å². The number of fused-ring (bicyclic) bond motifs is 1. The molecule has 1 atom stereocenters. The molecule has 20 heavy (non-hydrogen) atoms. The third-order valence-electron chi connectivity index (χ3n) is 4.30. The normalized spacial score (nSPS) is 26.1. The maximum Gasteiger partial charge on any atom is 0.234 e. The van der Waals surface area contributed by atoms with Crippen LogP contribution >= 0.6 is 0 Å². The monoisotopic (exact) mass is 270 g/mol. The topological polar surface area (TPSA) is 49.4 Å². The van der Waals surface area contributed by atoms with Gasteiger partial charge < -0.3 is 4.90 Å². The van der Waals surface area contributed by atoms with Crippen LogP contribution in [-0.4, -0.2) is 18.9 Å². The number of rotatable bonds is 1. The van der Waals surface area contributed by atoms with Crippen LogP contribution in [0.1, 0.15) is 25.8 Å². The largest absolute Gasteiger partial charge is 0.347 e. The number of allylic oxidation sites excluding steroid dienone is 1. The molecule has 0 unspecified atom stereocenters. The van der Waals surface area contributed by atoms with Gasteiger partial charge in [-0.3, -0.25) is 14.9 Å². The number of hydrogen-bond donors (Lipinski definition) is 1. The van der Waals surface area contributed by atoms with E-state index in [-0.39, 0.29) is 29.6 Å². The Hall–Kier alpha value is -2.10. The molecule has 1 aromatic carbocycles. The highest BCUT2D eigenvalue weighted by molar-refractivity contribution is 6.04. The SMILES string of the molecule is CN1/C(=C\[C@H]2CC(=O)NC2=O)C(C)(C)c2ccccc21. The van der Waals surface area contributed by atoms with Gasteiger partial charge in [0, 0.05) is 30.3 Å². The van der Waals surface area contributed by atoms with E-state index >= 15 is 0 Å². The minimum absolute atomic E-state index is 0.155. The van der Waals surface area contributed by atoms with E-state index < -0.39 is 0 Å². The molecule has 2 amide bonds. The van der Waals surface area contributed by atoms with Crippen LogP contribution in [0.3, 0.4) is 0 Å². The van der Waals surface area contributed by atoms with E-state index in [0.29, 0.717) is 0 Å². The van der Waals surface area contributed by atoms with E-state index in [2.05, 4.69) is 36.2 Å². The second-order valence-corrected chi connectivity index (χ2v) is 5.98. The average molecular weight is 270 g/mol. The molecule has 1 saturated heterocycles. The number of carbonyl (C=O) groups excluding carboxylic acids is 2. The summed E-state index contributed by atoms with van der Waals surface area (Å²) in [5.41, 5.74) is 3.33. The molecule has 104 valence electrons. The van der Waals surface area contributed by atoms with E-state index in [1.165, 1.54) is 5.56 Å². The number of para-hydroxylation sites is 1. The quantitative estimate of drug-likeness (QED) is 0.794. The highest BCUT2D eigenvalue weighted by Gasteiger charge is 2.40. The molecular formula is C16H18N2O2. The minimum atomic E-state index is -0.353. The lowest BCUT2D eigenvalue weighted by Gasteiger charge is -2.25. The van der Waals surface area contributed by atoms with Gasteiger partial charge in [-0.2, -0.15) is 0 Å². The summed E-state index contributed by atoms with van der Waals surface area (Å²) in [6, 6.07) is 8.24. The smallest absolute Gasteiger partial charge is 0.234 e. The molecular weight excluding hydrogens is 252 g/mol. The predicted molar refractivity (Wildman–Crippen MR) is 77.2 cm³/mol. The Morgan fingerprint density at radius 1 is 1.30 bits per heavy atom. The Morgan fingerprint density at radius 3 is 2.60 bits per heavy atom. The fraction of sp³-hybridized carbons (Fsp3) is 0.375. The molecule has 2 heterocycles. The summed E-state index contributed by atoms with van der Waals surface area (Å²) in [4.78, 5) is 25.2. The van der Waals surface area contributed by atoms with Crippen LogP contribution in [0.25, 0.3) is 0 Å². The van der Waals surface area contributed by atoms with Crippen molar-refractivity contribution in [3.8, 4) is 0 Å². The van der Waals surface area contributed by atoms with Gasteiger partial charge in [0.25, 0.3) is 0 Å². The first-order chi connectivity index (χ1) is 9.41. The van der Waals surface area contributed by atoms with Crippen molar-refractivity contribution in [1.29, 1.82) is 0 Å². The van der Waals surface area contributed by atoms with Gasteiger partial charge in [-0.1, -0.05) is 38.1 Å². The van der Waals surface area contributed by atoms with Gasteiger partial charge in [0.2, 0.25) is 11.8 Å². The van der Waals surface area contributed by atoms with Crippen molar-refractivity contribution in [1.82, 2.24) is 5.32 Å². The molecule has 4 nitrogen and oxygen atoms in total. The minimum Gasteiger partial charge on any atom is -0.347 e. The first-order valence-corrected chi connectivity index (χ1v) is 6.80. The number of nitrogens with one attached hydrogen (secondary N) is 1. The van der Waals surface area contributed by atoms with Crippen molar-refractivity contribution < 1.29 is 9.59 Å². The number of amides is 2. The summed E-state index contributed by atoms with van der Waals surface area (Å²) in [5.74, 6) is -0.732. The number of carbonyl (C=O) groups is 2. The van der Waals surface area contributed by atoms with Gasteiger partial charge >= 0.3 is 0 Å². The molecule has 0 radical (unpaired) electrons. The standard InChI is InChI=1S/C16H18N2O2/c1-16(2)11-6-4-5-7-12(11)18(3)13(16)8-10-9-14(19)17-15(10)20/h4-8,10H,9H2,1-3H3,(H,17,19,20)/b13-8-/t10-/m0/s1. The van der Waals surface area contributed by atoms with Crippen LogP contribution in [0.5, 0.6) is 0 Å². The van der Waals surface area contributed by atoms with Crippen molar-refractivity contribution in [2.24, 2.45) is 5.92 Å². The lowest BCUT2D eigenvalue weighted by atomic mass is 9.82. The van der Waals surface area contributed by atoms with E-state index in [4.69, 9.17) is 0 Å². The zero-order valence-electron chi connectivity index (χ0n) is 11.9. The van der Waals surface area contributed by atoms with E-state index in [0.717, 1.165) is 11.4 Å². The maximum atomic E-state index is 11.8. The Bertz CT molecular complexity index is 631. The Balaban J connectivity index is 2.04. The molecule has 1 aromatic rings. The highest BCUT2D eigenvalue weighted by atomic mass is 16.2. The number of hydrogen-bond acceptors (Lipinski definition) is 3. The molecule has 0 aliphatic carbocycles. The van der Waals surface area contributed by atoms with Gasteiger partial charge in [-0.15, -0.1) is 0 Å². The third-order valence-corrected chi connectivity index (χ3v) is 4.30. The molecule has 3 rings (SSSR count). The van der Waals surface area contributed by atoms with Crippen LogP contribution in [-0.2, 0) is 15.0 Å². The average Bonchev–Trinajstić information content (AvgIpc) is 2.81. The molecule has 1 N–H and O–H groups in total. The maximum absolute atomic E-state index is 11.8. The van der Waals surface area contributed by atoms with Crippen molar-refractivity contribution >= 4 is 17.5 Å². The molecule has 4 heteroatoms. The summed E-state index contributed by atoms with van der Waals surface area (Å²) in [5, 5.41) is 2.36. The lowest BCUT2D eigenvalue weighted by Crippen LogP contribution is -2.26. The van der Waals surface area contributed by atoms with Crippen LogP contribution in [0.4, 0.5) is 5.69 Å². The van der Waals surface area contributed by atoms with Crippen LogP contribution in [0.15, 0.2) is 36.0 Å². The summed E-state index contributed by atoms with van der Waals surface area (Å²) in [6.07, 6.45) is 2.20. The van der Waals surface area contributed by atoms with Gasteiger partial charge in [-0.25, -0.2) is 0 Å². The number of anilines is 1. The summed E-state index contributed by atoms with van der Waals surface area (Å²) in [6.45, 7) is 4.30.